The summed E-state index contributed by atoms with van der Waals surface area (Å²) >= 11 is 0. The van der Waals surface area contributed by atoms with E-state index in [-0.39, 0.29) is 18.1 Å². The molecule has 1 amide bonds. The lowest BCUT2D eigenvalue weighted by atomic mass is 9.80. The molecule has 4 heterocycles. The van der Waals surface area contributed by atoms with Crippen LogP contribution in [-0.2, 0) is 16.0 Å². The summed E-state index contributed by atoms with van der Waals surface area (Å²) in [5.41, 5.74) is 8.54. The fourth-order valence-corrected chi connectivity index (χ4v) is 6.69. The van der Waals surface area contributed by atoms with E-state index in [0.717, 1.165) is 27.8 Å². The molecule has 0 saturated carbocycles. The van der Waals surface area contributed by atoms with Crippen molar-refractivity contribution in [3.05, 3.63) is 70.8 Å². The van der Waals surface area contributed by atoms with E-state index in [9.17, 15) is 4.79 Å². The predicted molar refractivity (Wildman–Crippen MR) is 140 cm³/mol. The highest BCUT2D eigenvalue weighted by molar-refractivity contribution is 6.20. The van der Waals surface area contributed by atoms with Crippen molar-refractivity contribution in [1.29, 1.82) is 0 Å². The zero-order valence-corrected chi connectivity index (χ0v) is 21.1. The lowest BCUT2D eigenvalue weighted by molar-refractivity contribution is -0.217. The van der Waals surface area contributed by atoms with Crippen molar-refractivity contribution in [1.82, 2.24) is 9.88 Å². The molecule has 3 unspecified atom stereocenters. The Morgan fingerprint density at radius 2 is 1.74 bits per heavy atom. The molecule has 180 valence electrons. The van der Waals surface area contributed by atoms with Crippen LogP contribution >= 0.6 is 0 Å². The zero-order chi connectivity index (χ0) is 24.5. The van der Waals surface area contributed by atoms with Crippen LogP contribution in [0, 0.1) is 0 Å². The van der Waals surface area contributed by atoms with E-state index < -0.39 is 5.60 Å². The molecule has 8 rings (SSSR count). The van der Waals surface area contributed by atoms with Gasteiger partial charge in [0, 0.05) is 28.8 Å². The minimum Gasteiger partial charge on any atom is -0.374 e. The summed E-state index contributed by atoms with van der Waals surface area (Å²) in [5, 5.41) is 5.49. The fourth-order valence-electron chi connectivity index (χ4n) is 6.69. The average Bonchev–Trinajstić information content (AvgIpc) is 3.54. The highest BCUT2D eigenvalue weighted by Crippen LogP contribution is 2.60. The van der Waals surface area contributed by atoms with Crippen molar-refractivity contribution in [2.75, 3.05) is 13.2 Å². The summed E-state index contributed by atoms with van der Waals surface area (Å²) in [4.78, 5) is 13.2. The summed E-state index contributed by atoms with van der Waals surface area (Å²) in [5.74, 6) is 0.0539. The van der Waals surface area contributed by atoms with Crippen LogP contribution in [0.4, 0.5) is 0 Å². The molecular weight excluding hydrogens is 436 g/mol. The molecule has 4 aliphatic rings. The molecule has 4 aromatic rings. The third kappa shape index (κ3) is 2.68. The first kappa shape index (κ1) is 22.3. The maximum Gasteiger partial charge on any atom is 0.252 e. The molecule has 0 spiro atoms. The molecule has 1 N–H and O–H groups in total. The third-order valence-corrected chi connectivity index (χ3v) is 7.72. The van der Waals surface area contributed by atoms with E-state index in [0.29, 0.717) is 19.8 Å². The van der Waals surface area contributed by atoms with Crippen molar-refractivity contribution in [3.63, 3.8) is 0 Å². The SMILES string of the molecule is CC.CC.CC12COCC(O1)n1c3ccccc3c3c4c(c5c(c31)C2c1ccccc1-5)C(=O)NC4. The Labute approximate surface area is 206 Å². The lowest BCUT2D eigenvalue weighted by Crippen LogP contribution is -2.46. The van der Waals surface area contributed by atoms with E-state index in [1.165, 1.54) is 27.4 Å². The summed E-state index contributed by atoms with van der Waals surface area (Å²) in [6.45, 7) is 11.8. The summed E-state index contributed by atoms with van der Waals surface area (Å²) in [6.07, 6.45) is -0.189. The number of amides is 1. The highest BCUT2D eigenvalue weighted by atomic mass is 16.6. The first-order valence-electron chi connectivity index (χ1n) is 12.9. The second-order valence-corrected chi connectivity index (χ2v) is 9.36. The molecule has 3 aromatic carbocycles. The van der Waals surface area contributed by atoms with Gasteiger partial charge in [-0.2, -0.15) is 0 Å². The number of ether oxygens (including phenoxy) is 2. The van der Waals surface area contributed by atoms with Crippen molar-refractivity contribution >= 4 is 27.7 Å². The number of carbonyl (C=O) groups excluding carboxylic acids is 1. The number of rotatable bonds is 0. The molecule has 0 radical (unpaired) electrons. The van der Waals surface area contributed by atoms with E-state index in [1.807, 2.05) is 27.7 Å². The minimum atomic E-state index is -0.499. The predicted octanol–water partition coefficient (Wildman–Crippen LogP) is 6.52. The smallest absolute Gasteiger partial charge is 0.252 e. The molecule has 3 atom stereocenters. The van der Waals surface area contributed by atoms with Gasteiger partial charge in [0.05, 0.1) is 29.8 Å². The van der Waals surface area contributed by atoms with Crippen LogP contribution in [0.15, 0.2) is 48.5 Å². The van der Waals surface area contributed by atoms with Crippen LogP contribution < -0.4 is 5.32 Å². The molecule has 3 aliphatic heterocycles. The lowest BCUT2D eigenvalue weighted by Gasteiger charge is -2.41. The minimum absolute atomic E-state index is 0.0215. The molecule has 1 saturated heterocycles. The molecular formula is C30H32N2O3. The first-order valence-corrected chi connectivity index (χ1v) is 12.9. The van der Waals surface area contributed by atoms with Gasteiger partial charge >= 0.3 is 0 Å². The van der Waals surface area contributed by atoms with Crippen molar-refractivity contribution in [3.8, 4) is 11.1 Å². The Hall–Kier alpha value is -3.15. The second kappa shape index (κ2) is 7.94. The average molecular weight is 469 g/mol. The topological polar surface area (TPSA) is 52.5 Å². The number of nitrogens with one attached hydrogen (secondary N) is 1. The summed E-state index contributed by atoms with van der Waals surface area (Å²) in [6, 6.07) is 17.0. The Kier molecular flexibility index (Phi) is 5.06. The normalized spacial score (nSPS) is 24.5. The monoisotopic (exact) mass is 468 g/mol. The van der Waals surface area contributed by atoms with Crippen LogP contribution in [0.25, 0.3) is 32.9 Å². The Morgan fingerprint density at radius 1 is 1.00 bits per heavy atom. The van der Waals surface area contributed by atoms with Crippen molar-refractivity contribution in [2.24, 2.45) is 0 Å². The van der Waals surface area contributed by atoms with E-state index in [2.05, 4.69) is 65.3 Å². The number of carbonyl (C=O) groups is 1. The summed E-state index contributed by atoms with van der Waals surface area (Å²) in [7, 11) is 0. The molecule has 1 aromatic heterocycles. The number of hydrogen-bond acceptors (Lipinski definition) is 3. The van der Waals surface area contributed by atoms with Gasteiger partial charge in [-0.05, 0) is 35.2 Å². The van der Waals surface area contributed by atoms with Crippen LogP contribution in [0.2, 0.25) is 0 Å². The molecule has 35 heavy (non-hydrogen) atoms. The second-order valence-electron chi connectivity index (χ2n) is 9.36. The number of benzene rings is 3. The largest absolute Gasteiger partial charge is 0.374 e. The standard InChI is InChI=1S/C26H20N2O3.2C2H6/c1-26-12-30-11-18(31-26)28-17-9-5-4-8-15(17)19-16-10-27-25(29)21(16)20-13-6-2-3-7-14(13)23(26)22(20)24(19)28;2*1-2/h2-9,18,23H,10-12H2,1H3,(H,27,29);2*1-2H3. The van der Waals surface area contributed by atoms with Gasteiger partial charge in [0.1, 0.15) is 5.60 Å². The molecule has 5 nitrogen and oxygen atoms in total. The van der Waals surface area contributed by atoms with Gasteiger partial charge in [0.2, 0.25) is 0 Å². The Bertz CT molecular complexity index is 1500. The van der Waals surface area contributed by atoms with Gasteiger partial charge in [-0.15, -0.1) is 0 Å². The number of fused-ring (bicyclic) bond motifs is 13. The number of para-hydroxylation sites is 1. The van der Waals surface area contributed by atoms with E-state index in [1.54, 1.807) is 0 Å². The van der Waals surface area contributed by atoms with Gasteiger partial charge in [-0.1, -0.05) is 70.2 Å². The highest BCUT2D eigenvalue weighted by Gasteiger charge is 2.52. The van der Waals surface area contributed by atoms with E-state index >= 15 is 0 Å². The van der Waals surface area contributed by atoms with Crippen molar-refractivity contribution < 1.29 is 14.3 Å². The summed E-state index contributed by atoms with van der Waals surface area (Å²) < 4.78 is 15.4. The number of hydrogen-bond donors (Lipinski definition) is 1. The van der Waals surface area contributed by atoms with Gasteiger partial charge < -0.3 is 19.4 Å². The molecule has 2 bridgehead atoms. The maximum atomic E-state index is 13.2. The molecule has 1 aliphatic carbocycles. The van der Waals surface area contributed by atoms with Crippen molar-refractivity contribution in [2.45, 2.75) is 58.9 Å². The number of aromatic nitrogens is 1. The molecule has 1 fully saturated rings. The van der Waals surface area contributed by atoms with Gasteiger partial charge in [0.15, 0.2) is 6.23 Å². The number of nitrogens with zero attached hydrogens (tertiary/aromatic N) is 1. The first-order chi connectivity index (χ1) is 17.2. The van der Waals surface area contributed by atoms with Gasteiger partial charge in [0.25, 0.3) is 5.91 Å². The quantitative estimate of drug-likeness (QED) is 0.320. The zero-order valence-electron chi connectivity index (χ0n) is 21.1. The van der Waals surface area contributed by atoms with Crippen LogP contribution in [0.3, 0.4) is 0 Å². The Balaban J connectivity index is 0.000000546. The fraction of sp³-hybridized carbons (Fsp3) is 0.367. The van der Waals surface area contributed by atoms with Gasteiger partial charge in [-0.3, -0.25) is 4.79 Å². The van der Waals surface area contributed by atoms with Gasteiger partial charge in [-0.25, -0.2) is 0 Å². The van der Waals surface area contributed by atoms with Crippen LogP contribution in [-0.4, -0.2) is 29.3 Å². The van der Waals surface area contributed by atoms with E-state index in [4.69, 9.17) is 9.47 Å². The van der Waals surface area contributed by atoms with Crippen LogP contribution in [0.5, 0.6) is 0 Å². The Morgan fingerprint density at radius 3 is 2.57 bits per heavy atom. The van der Waals surface area contributed by atoms with Crippen LogP contribution in [0.1, 0.15) is 73.8 Å². The maximum absolute atomic E-state index is 13.2. The molecule has 5 heteroatoms. The third-order valence-electron chi connectivity index (χ3n) is 7.72.